The highest BCUT2D eigenvalue weighted by atomic mass is 79.9. The Bertz CT molecular complexity index is 429. The molecular formula is C9H9BrO3S. The fourth-order valence-electron chi connectivity index (χ4n) is 1.32. The average molecular weight is 277 g/mol. The predicted octanol–water partition coefficient (Wildman–Crippen LogP) is 1.62. The molecule has 0 radical (unpaired) electrons. The Morgan fingerprint density at radius 3 is 2.64 bits per heavy atom. The van der Waals surface area contributed by atoms with Gasteiger partial charge in [0, 0.05) is 4.47 Å². The molecule has 0 aliphatic carbocycles. The van der Waals surface area contributed by atoms with Crippen molar-refractivity contribution in [3.05, 3.63) is 28.7 Å². The molecule has 76 valence electrons. The summed E-state index contributed by atoms with van der Waals surface area (Å²) in [5, 5.41) is 0. The molecule has 0 spiro atoms. The Kier molecular flexibility index (Phi) is 2.53. The van der Waals surface area contributed by atoms with Gasteiger partial charge in [0.25, 0.3) is 0 Å². The molecule has 1 heterocycles. The summed E-state index contributed by atoms with van der Waals surface area (Å²) >= 11 is 3.32. The minimum absolute atomic E-state index is 0.138. The van der Waals surface area contributed by atoms with Crippen LogP contribution in [0.1, 0.15) is 0 Å². The first-order valence-electron chi connectivity index (χ1n) is 4.18. The van der Waals surface area contributed by atoms with E-state index in [2.05, 4.69) is 15.9 Å². The maximum Gasteiger partial charge on any atom is 0.157 e. The van der Waals surface area contributed by atoms with E-state index in [1.807, 2.05) is 24.3 Å². The number of benzene rings is 1. The summed E-state index contributed by atoms with van der Waals surface area (Å²) in [6, 6.07) is 7.39. The van der Waals surface area contributed by atoms with Gasteiger partial charge >= 0.3 is 0 Å². The molecule has 0 aromatic heterocycles. The summed E-state index contributed by atoms with van der Waals surface area (Å²) in [6.07, 6.45) is -0.172. The van der Waals surface area contributed by atoms with Gasteiger partial charge < -0.3 is 4.74 Å². The van der Waals surface area contributed by atoms with Gasteiger partial charge in [-0.15, -0.1) is 0 Å². The second-order valence-electron chi connectivity index (χ2n) is 3.27. The summed E-state index contributed by atoms with van der Waals surface area (Å²) in [7, 11) is -2.80. The van der Waals surface area contributed by atoms with E-state index in [4.69, 9.17) is 4.74 Å². The molecule has 5 heteroatoms. The van der Waals surface area contributed by atoms with Crippen LogP contribution in [0.2, 0.25) is 0 Å². The van der Waals surface area contributed by atoms with Crippen LogP contribution in [-0.4, -0.2) is 26.0 Å². The van der Waals surface area contributed by atoms with Crippen LogP contribution in [0.15, 0.2) is 28.7 Å². The molecule has 0 unspecified atom stereocenters. The molecule has 1 fully saturated rings. The summed E-state index contributed by atoms with van der Waals surface area (Å²) in [5.74, 6) is 0.984. The molecule has 0 bridgehead atoms. The molecule has 0 saturated carbocycles. The summed E-state index contributed by atoms with van der Waals surface area (Å²) in [6.45, 7) is 0. The van der Waals surface area contributed by atoms with Crippen molar-refractivity contribution in [2.75, 3.05) is 11.5 Å². The third-order valence-electron chi connectivity index (χ3n) is 1.98. The SMILES string of the molecule is O=S1(=O)CC(Oc2cccc(Br)c2)C1. The molecule has 1 aliphatic heterocycles. The number of halogens is 1. The Hall–Kier alpha value is -0.550. The number of ether oxygens (including phenoxy) is 1. The molecular weight excluding hydrogens is 268 g/mol. The van der Waals surface area contributed by atoms with E-state index in [-0.39, 0.29) is 17.6 Å². The van der Waals surface area contributed by atoms with Crippen molar-refractivity contribution in [3.8, 4) is 5.75 Å². The van der Waals surface area contributed by atoms with Crippen LogP contribution in [0.4, 0.5) is 0 Å². The van der Waals surface area contributed by atoms with Gasteiger partial charge in [-0.05, 0) is 18.2 Å². The highest BCUT2D eigenvalue weighted by molar-refractivity contribution is 9.10. The molecule has 2 rings (SSSR count). The summed E-state index contributed by atoms with van der Waals surface area (Å²) in [5.41, 5.74) is 0. The number of rotatable bonds is 2. The molecule has 0 amide bonds. The predicted molar refractivity (Wildman–Crippen MR) is 57.2 cm³/mol. The first-order chi connectivity index (χ1) is 6.55. The topological polar surface area (TPSA) is 43.4 Å². The lowest BCUT2D eigenvalue weighted by Crippen LogP contribution is -2.45. The van der Waals surface area contributed by atoms with Crippen molar-refractivity contribution in [2.24, 2.45) is 0 Å². The minimum atomic E-state index is -2.80. The van der Waals surface area contributed by atoms with Crippen LogP contribution in [0, 0.1) is 0 Å². The van der Waals surface area contributed by atoms with E-state index < -0.39 is 9.84 Å². The number of hydrogen-bond acceptors (Lipinski definition) is 3. The van der Waals surface area contributed by atoms with Crippen LogP contribution >= 0.6 is 15.9 Å². The molecule has 1 saturated heterocycles. The van der Waals surface area contributed by atoms with E-state index in [0.29, 0.717) is 5.75 Å². The second-order valence-corrected chi connectivity index (χ2v) is 6.34. The van der Waals surface area contributed by atoms with Crippen molar-refractivity contribution in [1.29, 1.82) is 0 Å². The Balaban J connectivity index is 2.00. The van der Waals surface area contributed by atoms with Gasteiger partial charge in [-0.25, -0.2) is 8.42 Å². The lowest BCUT2D eigenvalue weighted by Gasteiger charge is -2.26. The highest BCUT2D eigenvalue weighted by Crippen LogP contribution is 2.22. The third kappa shape index (κ3) is 2.27. The molecule has 1 aliphatic rings. The number of sulfone groups is 1. The van der Waals surface area contributed by atoms with Crippen LogP contribution in [0.5, 0.6) is 5.75 Å². The Labute approximate surface area is 91.1 Å². The zero-order valence-corrected chi connectivity index (χ0v) is 9.71. The molecule has 0 N–H and O–H groups in total. The van der Waals surface area contributed by atoms with Gasteiger partial charge in [0.05, 0.1) is 11.5 Å². The molecule has 14 heavy (non-hydrogen) atoms. The van der Waals surface area contributed by atoms with Crippen molar-refractivity contribution >= 4 is 25.8 Å². The molecule has 1 aromatic carbocycles. The van der Waals surface area contributed by atoms with Crippen molar-refractivity contribution in [2.45, 2.75) is 6.10 Å². The monoisotopic (exact) mass is 276 g/mol. The van der Waals surface area contributed by atoms with E-state index in [1.54, 1.807) is 0 Å². The molecule has 1 aromatic rings. The standard InChI is InChI=1S/C9H9BrO3S/c10-7-2-1-3-8(4-7)13-9-5-14(11,12)6-9/h1-4,9H,5-6H2. The van der Waals surface area contributed by atoms with Crippen LogP contribution in [0.3, 0.4) is 0 Å². The van der Waals surface area contributed by atoms with Gasteiger partial charge in [-0.1, -0.05) is 22.0 Å². The highest BCUT2D eigenvalue weighted by Gasteiger charge is 2.35. The van der Waals surface area contributed by atoms with E-state index in [1.165, 1.54) is 0 Å². The van der Waals surface area contributed by atoms with E-state index in [0.717, 1.165) is 4.47 Å². The van der Waals surface area contributed by atoms with Crippen LogP contribution in [0.25, 0.3) is 0 Å². The van der Waals surface area contributed by atoms with Crippen molar-refractivity contribution < 1.29 is 13.2 Å². The minimum Gasteiger partial charge on any atom is -0.488 e. The molecule has 0 atom stereocenters. The summed E-state index contributed by atoms with van der Waals surface area (Å²) < 4.78 is 28.1. The van der Waals surface area contributed by atoms with Crippen LogP contribution in [-0.2, 0) is 9.84 Å². The maximum atomic E-state index is 10.9. The van der Waals surface area contributed by atoms with Gasteiger partial charge in [-0.2, -0.15) is 0 Å². The lowest BCUT2D eigenvalue weighted by molar-refractivity contribution is 0.230. The molecule has 3 nitrogen and oxygen atoms in total. The quantitative estimate of drug-likeness (QED) is 0.825. The third-order valence-corrected chi connectivity index (χ3v) is 4.23. The van der Waals surface area contributed by atoms with Crippen molar-refractivity contribution in [1.82, 2.24) is 0 Å². The maximum absolute atomic E-state index is 10.9. The van der Waals surface area contributed by atoms with Crippen LogP contribution < -0.4 is 4.74 Å². The lowest BCUT2D eigenvalue weighted by atomic mass is 10.3. The average Bonchev–Trinajstić information content (AvgIpc) is 2.00. The van der Waals surface area contributed by atoms with Gasteiger partial charge in [0.1, 0.15) is 11.9 Å². The normalized spacial score (nSPS) is 20.1. The summed E-state index contributed by atoms with van der Waals surface area (Å²) in [4.78, 5) is 0. The van der Waals surface area contributed by atoms with E-state index in [9.17, 15) is 8.42 Å². The number of hydrogen-bond donors (Lipinski definition) is 0. The zero-order chi connectivity index (χ0) is 10.2. The Morgan fingerprint density at radius 2 is 2.07 bits per heavy atom. The first-order valence-corrected chi connectivity index (χ1v) is 6.79. The fourth-order valence-corrected chi connectivity index (χ4v) is 2.87. The largest absolute Gasteiger partial charge is 0.488 e. The Morgan fingerprint density at radius 1 is 1.36 bits per heavy atom. The van der Waals surface area contributed by atoms with Gasteiger partial charge in [0.15, 0.2) is 9.84 Å². The second kappa shape index (κ2) is 3.55. The first kappa shape index (κ1) is 9.98. The van der Waals surface area contributed by atoms with Gasteiger partial charge in [0.2, 0.25) is 0 Å². The zero-order valence-electron chi connectivity index (χ0n) is 7.31. The van der Waals surface area contributed by atoms with Crippen molar-refractivity contribution in [3.63, 3.8) is 0 Å². The van der Waals surface area contributed by atoms with Gasteiger partial charge in [-0.3, -0.25) is 0 Å². The van der Waals surface area contributed by atoms with E-state index >= 15 is 0 Å². The smallest absolute Gasteiger partial charge is 0.157 e. The fraction of sp³-hybridized carbons (Fsp3) is 0.333.